The first-order chi connectivity index (χ1) is 12.5. The summed E-state index contributed by atoms with van der Waals surface area (Å²) in [6, 6.07) is 6.96. The van der Waals surface area contributed by atoms with Crippen LogP contribution in [0.15, 0.2) is 36.4 Å². The molecule has 138 valence electrons. The van der Waals surface area contributed by atoms with Crippen LogP contribution in [0, 0.1) is 11.8 Å². The van der Waals surface area contributed by atoms with E-state index in [1.54, 1.807) is 30.3 Å². The summed E-state index contributed by atoms with van der Waals surface area (Å²) < 4.78 is 0. The lowest BCUT2D eigenvalue weighted by Crippen LogP contribution is -2.34. The summed E-state index contributed by atoms with van der Waals surface area (Å²) in [5.41, 5.74) is 1.12. The van der Waals surface area contributed by atoms with Gasteiger partial charge >= 0.3 is 5.97 Å². The lowest BCUT2D eigenvalue weighted by Gasteiger charge is -2.24. The largest absolute Gasteiger partial charge is 0.481 e. The van der Waals surface area contributed by atoms with Crippen molar-refractivity contribution in [2.45, 2.75) is 44.6 Å². The Morgan fingerprint density at radius 2 is 1.54 bits per heavy atom. The molecular weight excluding hydrogens is 332 g/mol. The zero-order valence-corrected chi connectivity index (χ0v) is 14.6. The molecule has 0 aliphatic heterocycles. The predicted molar refractivity (Wildman–Crippen MR) is 97.8 cm³/mol. The van der Waals surface area contributed by atoms with Gasteiger partial charge in [-0.1, -0.05) is 25.0 Å². The van der Waals surface area contributed by atoms with Gasteiger partial charge < -0.3 is 15.7 Å². The molecule has 2 aliphatic carbocycles. The number of anilines is 1. The maximum absolute atomic E-state index is 12.4. The minimum Gasteiger partial charge on any atom is -0.481 e. The Bertz CT molecular complexity index is 705. The van der Waals surface area contributed by atoms with Crippen molar-refractivity contribution in [2.24, 2.45) is 11.8 Å². The number of carboxylic acid groups (broad SMARTS) is 1. The van der Waals surface area contributed by atoms with Gasteiger partial charge in [0, 0.05) is 17.3 Å². The summed E-state index contributed by atoms with van der Waals surface area (Å²) in [6.45, 7) is 0. The zero-order chi connectivity index (χ0) is 18.5. The summed E-state index contributed by atoms with van der Waals surface area (Å²) in [4.78, 5) is 36.0. The number of allylic oxidation sites excluding steroid dienone is 2. The second kappa shape index (κ2) is 8.17. The van der Waals surface area contributed by atoms with E-state index in [0.29, 0.717) is 24.1 Å². The fraction of sp³-hybridized carbons (Fsp3) is 0.450. The number of rotatable bonds is 5. The van der Waals surface area contributed by atoms with Crippen molar-refractivity contribution in [3.8, 4) is 0 Å². The molecule has 26 heavy (non-hydrogen) atoms. The molecule has 2 aliphatic rings. The van der Waals surface area contributed by atoms with Crippen molar-refractivity contribution in [3.05, 3.63) is 42.0 Å². The summed E-state index contributed by atoms with van der Waals surface area (Å²) in [5.74, 6) is -2.63. The lowest BCUT2D eigenvalue weighted by molar-refractivity contribution is -0.146. The number of hydrogen-bond donors (Lipinski definition) is 3. The molecule has 1 aromatic rings. The minimum absolute atomic E-state index is 0.0989. The van der Waals surface area contributed by atoms with E-state index in [2.05, 4.69) is 10.6 Å². The normalized spacial score (nSPS) is 22.8. The summed E-state index contributed by atoms with van der Waals surface area (Å²) in [6.07, 6.45) is 8.81. The van der Waals surface area contributed by atoms with Crippen molar-refractivity contribution >= 4 is 23.5 Å². The summed E-state index contributed by atoms with van der Waals surface area (Å²) in [7, 11) is 0. The highest BCUT2D eigenvalue weighted by atomic mass is 16.4. The Kier molecular flexibility index (Phi) is 5.71. The van der Waals surface area contributed by atoms with Crippen LogP contribution >= 0.6 is 0 Å². The smallest absolute Gasteiger partial charge is 0.307 e. The number of carboxylic acids is 1. The number of carbonyl (C=O) groups is 3. The average Bonchev–Trinajstić information content (AvgIpc) is 3.15. The first-order valence-corrected chi connectivity index (χ1v) is 9.14. The van der Waals surface area contributed by atoms with E-state index in [9.17, 15) is 19.5 Å². The van der Waals surface area contributed by atoms with E-state index in [0.717, 1.165) is 25.7 Å². The second-order valence-electron chi connectivity index (χ2n) is 7.02. The van der Waals surface area contributed by atoms with Gasteiger partial charge in [-0.2, -0.15) is 0 Å². The first-order valence-electron chi connectivity index (χ1n) is 9.14. The van der Waals surface area contributed by atoms with Gasteiger partial charge in [-0.15, -0.1) is 0 Å². The van der Waals surface area contributed by atoms with Crippen LogP contribution in [0.5, 0.6) is 0 Å². The monoisotopic (exact) mass is 356 g/mol. The first kappa shape index (κ1) is 18.2. The number of aliphatic carboxylic acids is 1. The number of hydrogen-bond acceptors (Lipinski definition) is 3. The summed E-state index contributed by atoms with van der Waals surface area (Å²) in [5, 5.41) is 15.1. The van der Waals surface area contributed by atoms with Crippen LogP contribution in [0.25, 0.3) is 0 Å². The van der Waals surface area contributed by atoms with Crippen molar-refractivity contribution in [3.63, 3.8) is 0 Å². The molecule has 0 bridgehead atoms. The Morgan fingerprint density at radius 1 is 0.923 bits per heavy atom. The van der Waals surface area contributed by atoms with Crippen molar-refractivity contribution in [1.29, 1.82) is 0 Å². The van der Waals surface area contributed by atoms with Gasteiger partial charge in [0.05, 0.1) is 11.8 Å². The number of benzene rings is 1. The molecule has 0 heterocycles. The molecule has 0 spiro atoms. The van der Waals surface area contributed by atoms with Crippen LogP contribution in [0.4, 0.5) is 5.69 Å². The third-order valence-electron chi connectivity index (χ3n) is 5.19. The standard InChI is InChI=1S/C20H24N2O4/c23-18(21-14-5-1-2-6-14)13-9-11-15(12-10-13)22-19(24)16-7-3-4-8-17(16)20(25)26/h3-4,9-12,14,16-17H,1-2,5-8H2,(H,21,23)(H,22,24)(H,25,26)/t16-,17+/m0/s1. The van der Waals surface area contributed by atoms with Gasteiger partial charge in [0.25, 0.3) is 5.91 Å². The molecule has 6 heteroatoms. The maximum Gasteiger partial charge on any atom is 0.307 e. The topological polar surface area (TPSA) is 95.5 Å². The van der Waals surface area contributed by atoms with Gasteiger partial charge in [0.1, 0.15) is 0 Å². The molecule has 0 saturated heterocycles. The van der Waals surface area contributed by atoms with Gasteiger partial charge in [0.2, 0.25) is 5.91 Å². The highest BCUT2D eigenvalue weighted by Gasteiger charge is 2.33. The fourth-order valence-corrected chi connectivity index (χ4v) is 3.66. The van der Waals surface area contributed by atoms with Crippen molar-refractivity contribution in [1.82, 2.24) is 5.32 Å². The molecule has 3 N–H and O–H groups in total. The predicted octanol–water partition coefficient (Wildman–Crippen LogP) is 2.96. The molecule has 0 aromatic heterocycles. The minimum atomic E-state index is -0.951. The van der Waals surface area contributed by atoms with Crippen LogP contribution < -0.4 is 10.6 Å². The van der Waals surface area contributed by atoms with E-state index in [-0.39, 0.29) is 17.9 Å². The van der Waals surface area contributed by atoms with E-state index in [1.165, 1.54) is 0 Å². The lowest BCUT2D eigenvalue weighted by atomic mass is 9.82. The molecule has 2 amide bonds. The SMILES string of the molecule is O=C(NC1CCCC1)c1ccc(NC(=O)[C@H]2CC=CC[C@H]2C(=O)O)cc1. The molecule has 1 aromatic carbocycles. The van der Waals surface area contributed by atoms with E-state index in [1.807, 2.05) is 6.08 Å². The van der Waals surface area contributed by atoms with Crippen LogP contribution in [0.1, 0.15) is 48.9 Å². The Morgan fingerprint density at radius 3 is 2.15 bits per heavy atom. The molecule has 3 rings (SSSR count). The maximum atomic E-state index is 12.4. The second-order valence-corrected chi connectivity index (χ2v) is 7.02. The van der Waals surface area contributed by atoms with E-state index in [4.69, 9.17) is 0 Å². The number of amides is 2. The highest BCUT2D eigenvalue weighted by Crippen LogP contribution is 2.27. The average molecular weight is 356 g/mol. The molecule has 6 nitrogen and oxygen atoms in total. The molecule has 1 saturated carbocycles. The Labute approximate surface area is 152 Å². The quantitative estimate of drug-likeness (QED) is 0.707. The summed E-state index contributed by atoms with van der Waals surface area (Å²) >= 11 is 0. The van der Waals surface area contributed by atoms with Crippen LogP contribution in [-0.4, -0.2) is 28.9 Å². The molecule has 0 unspecified atom stereocenters. The fourth-order valence-electron chi connectivity index (χ4n) is 3.66. The van der Waals surface area contributed by atoms with Gasteiger partial charge in [-0.25, -0.2) is 0 Å². The van der Waals surface area contributed by atoms with Gasteiger partial charge in [-0.05, 0) is 49.9 Å². The molecular formula is C20H24N2O4. The van der Waals surface area contributed by atoms with E-state index < -0.39 is 17.8 Å². The highest BCUT2D eigenvalue weighted by molar-refractivity contribution is 5.97. The van der Waals surface area contributed by atoms with Gasteiger partial charge in [0.15, 0.2) is 0 Å². The number of carbonyl (C=O) groups excluding carboxylic acids is 2. The van der Waals surface area contributed by atoms with Crippen molar-refractivity contribution < 1.29 is 19.5 Å². The van der Waals surface area contributed by atoms with E-state index >= 15 is 0 Å². The third-order valence-corrected chi connectivity index (χ3v) is 5.19. The Hall–Kier alpha value is -2.63. The van der Waals surface area contributed by atoms with Gasteiger partial charge in [-0.3, -0.25) is 14.4 Å². The zero-order valence-electron chi connectivity index (χ0n) is 14.6. The Balaban J connectivity index is 1.59. The number of nitrogens with one attached hydrogen (secondary N) is 2. The third kappa shape index (κ3) is 4.31. The van der Waals surface area contributed by atoms with Crippen LogP contribution in [0.3, 0.4) is 0 Å². The van der Waals surface area contributed by atoms with Crippen LogP contribution in [-0.2, 0) is 9.59 Å². The van der Waals surface area contributed by atoms with Crippen molar-refractivity contribution in [2.75, 3.05) is 5.32 Å². The molecule has 1 fully saturated rings. The molecule has 2 atom stereocenters. The van der Waals surface area contributed by atoms with Crippen LogP contribution in [0.2, 0.25) is 0 Å². The molecule has 0 radical (unpaired) electrons.